The molecule has 6 heteroatoms. The van der Waals surface area contributed by atoms with Crippen LogP contribution in [0.25, 0.3) is 0 Å². The molecular formula is C14H24ClN3O2. The standard InChI is InChI=1S/C14H23N3O2.ClH/c18-13-9-17(12-6-2-1-5-11(12)16-13)14(19)10-4-3-7-15-8-10;/h10-12,15H,1-9H2,(H,16,18);1H. The fourth-order valence-corrected chi connectivity index (χ4v) is 3.72. The summed E-state index contributed by atoms with van der Waals surface area (Å²) in [5, 5.41) is 6.35. The van der Waals surface area contributed by atoms with Crippen molar-refractivity contribution in [3.8, 4) is 0 Å². The van der Waals surface area contributed by atoms with Crippen LogP contribution in [0.15, 0.2) is 0 Å². The van der Waals surface area contributed by atoms with Gasteiger partial charge in [-0.15, -0.1) is 12.4 Å². The summed E-state index contributed by atoms with van der Waals surface area (Å²) in [5.74, 6) is 0.279. The second kappa shape index (κ2) is 6.76. The lowest BCUT2D eigenvalue weighted by Gasteiger charge is -2.45. The van der Waals surface area contributed by atoms with Gasteiger partial charge in [-0.1, -0.05) is 12.8 Å². The van der Waals surface area contributed by atoms with Gasteiger partial charge in [-0.25, -0.2) is 0 Å². The molecule has 0 radical (unpaired) electrons. The van der Waals surface area contributed by atoms with Gasteiger partial charge in [0.15, 0.2) is 0 Å². The summed E-state index contributed by atoms with van der Waals surface area (Å²) in [7, 11) is 0. The zero-order valence-corrected chi connectivity index (χ0v) is 12.6. The molecule has 3 atom stereocenters. The van der Waals surface area contributed by atoms with Gasteiger partial charge in [0.05, 0.1) is 18.5 Å². The fraction of sp³-hybridized carbons (Fsp3) is 0.857. The second-order valence-electron chi connectivity index (χ2n) is 6.04. The van der Waals surface area contributed by atoms with Crippen molar-refractivity contribution >= 4 is 24.2 Å². The van der Waals surface area contributed by atoms with E-state index in [9.17, 15) is 9.59 Å². The number of nitrogens with one attached hydrogen (secondary N) is 2. The van der Waals surface area contributed by atoms with E-state index in [0.29, 0.717) is 0 Å². The summed E-state index contributed by atoms with van der Waals surface area (Å²) >= 11 is 0. The highest BCUT2D eigenvalue weighted by Gasteiger charge is 2.40. The van der Waals surface area contributed by atoms with Crippen molar-refractivity contribution in [1.82, 2.24) is 15.5 Å². The van der Waals surface area contributed by atoms with E-state index < -0.39 is 0 Å². The van der Waals surface area contributed by atoms with Crippen LogP contribution < -0.4 is 10.6 Å². The van der Waals surface area contributed by atoms with Crippen LogP contribution in [0.1, 0.15) is 38.5 Å². The number of piperidine rings is 1. The van der Waals surface area contributed by atoms with Crippen molar-refractivity contribution in [1.29, 1.82) is 0 Å². The van der Waals surface area contributed by atoms with Crippen molar-refractivity contribution in [2.45, 2.75) is 50.6 Å². The predicted octanol–water partition coefficient (Wildman–Crippen LogP) is 0.677. The number of amides is 2. The van der Waals surface area contributed by atoms with Gasteiger partial charge in [-0.3, -0.25) is 9.59 Å². The van der Waals surface area contributed by atoms with Gasteiger partial charge in [0, 0.05) is 12.6 Å². The van der Waals surface area contributed by atoms with Gasteiger partial charge in [-0.2, -0.15) is 0 Å². The average Bonchev–Trinajstić information content (AvgIpc) is 2.46. The van der Waals surface area contributed by atoms with Gasteiger partial charge in [0.25, 0.3) is 0 Å². The first-order valence-corrected chi connectivity index (χ1v) is 7.56. The topological polar surface area (TPSA) is 61.4 Å². The monoisotopic (exact) mass is 301 g/mol. The van der Waals surface area contributed by atoms with Gasteiger partial charge in [-0.05, 0) is 32.2 Å². The molecular weight excluding hydrogens is 278 g/mol. The Balaban J connectivity index is 0.00000147. The molecule has 2 saturated heterocycles. The molecule has 2 N–H and O–H groups in total. The van der Waals surface area contributed by atoms with Crippen LogP contribution in [0.5, 0.6) is 0 Å². The number of piperazine rings is 1. The van der Waals surface area contributed by atoms with E-state index in [0.717, 1.165) is 45.2 Å². The number of fused-ring (bicyclic) bond motifs is 1. The molecule has 3 rings (SSSR count). The Morgan fingerprint density at radius 1 is 1.15 bits per heavy atom. The summed E-state index contributed by atoms with van der Waals surface area (Å²) in [6.07, 6.45) is 6.41. The lowest BCUT2D eigenvalue weighted by atomic mass is 9.86. The Morgan fingerprint density at radius 2 is 1.95 bits per heavy atom. The van der Waals surface area contributed by atoms with Crippen molar-refractivity contribution in [2.75, 3.05) is 19.6 Å². The van der Waals surface area contributed by atoms with Crippen LogP contribution in [0, 0.1) is 5.92 Å². The highest BCUT2D eigenvalue weighted by atomic mass is 35.5. The minimum absolute atomic E-state index is 0. The van der Waals surface area contributed by atoms with E-state index in [2.05, 4.69) is 10.6 Å². The molecule has 2 heterocycles. The molecule has 0 aromatic carbocycles. The van der Waals surface area contributed by atoms with Crippen molar-refractivity contribution in [3.05, 3.63) is 0 Å². The first kappa shape index (κ1) is 15.6. The van der Waals surface area contributed by atoms with Crippen molar-refractivity contribution < 1.29 is 9.59 Å². The quantitative estimate of drug-likeness (QED) is 0.749. The SMILES string of the molecule is Cl.O=C1CN(C(=O)C2CCCNC2)C2CCCCC2N1. The zero-order valence-electron chi connectivity index (χ0n) is 11.8. The summed E-state index contributed by atoms with van der Waals surface area (Å²) in [6.45, 7) is 2.04. The lowest BCUT2D eigenvalue weighted by Crippen LogP contribution is -2.64. The molecule has 3 unspecified atom stereocenters. The maximum absolute atomic E-state index is 12.7. The summed E-state index contributed by atoms with van der Waals surface area (Å²) in [6, 6.07) is 0.427. The van der Waals surface area contributed by atoms with E-state index in [-0.39, 0.29) is 48.8 Å². The van der Waals surface area contributed by atoms with E-state index in [1.54, 1.807) is 0 Å². The third kappa shape index (κ3) is 3.09. The van der Waals surface area contributed by atoms with E-state index in [1.807, 2.05) is 4.90 Å². The highest BCUT2D eigenvalue weighted by Crippen LogP contribution is 2.27. The van der Waals surface area contributed by atoms with Crippen molar-refractivity contribution in [3.63, 3.8) is 0 Å². The summed E-state index contributed by atoms with van der Waals surface area (Å²) in [5.41, 5.74) is 0. The van der Waals surface area contributed by atoms with Gasteiger partial charge >= 0.3 is 0 Å². The maximum atomic E-state index is 12.7. The molecule has 3 fully saturated rings. The Bertz CT molecular complexity index is 371. The fourth-order valence-electron chi connectivity index (χ4n) is 3.72. The Hall–Kier alpha value is -0.810. The molecule has 0 aromatic heterocycles. The molecule has 1 aliphatic carbocycles. The largest absolute Gasteiger partial charge is 0.350 e. The minimum Gasteiger partial charge on any atom is -0.350 e. The number of hydrogen-bond donors (Lipinski definition) is 2. The maximum Gasteiger partial charge on any atom is 0.239 e. The van der Waals surface area contributed by atoms with Crippen LogP contribution in [-0.4, -0.2) is 48.4 Å². The van der Waals surface area contributed by atoms with Crippen LogP contribution >= 0.6 is 12.4 Å². The van der Waals surface area contributed by atoms with E-state index in [4.69, 9.17) is 0 Å². The van der Waals surface area contributed by atoms with Gasteiger partial charge in [0.2, 0.25) is 11.8 Å². The molecule has 2 amide bonds. The Kier molecular flexibility index (Phi) is 5.27. The minimum atomic E-state index is 0. The molecule has 1 saturated carbocycles. The average molecular weight is 302 g/mol. The van der Waals surface area contributed by atoms with Crippen LogP contribution in [0.2, 0.25) is 0 Å². The molecule has 5 nitrogen and oxygen atoms in total. The number of halogens is 1. The number of carbonyl (C=O) groups is 2. The summed E-state index contributed by atoms with van der Waals surface area (Å²) in [4.78, 5) is 26.3. The highest BCUT2D eigenvalue weighted by molar-refractivity contribution is 5.88. The summed E-state index contributed by atoms with van der Waals surface area (Å²) < 4.78 is 0. The Morgan fingerprint density at radius 3 is 2.70 bits per heavy atom. The Labute approximate surface area is 126 Å². The molecule has 0 spiro atoms. The normalized spacial score (nSPS) is 33.7. The van der Waals surface area contributed by atoms with Gasteiger partial charge < -0.3 is 15.5 Å². The van der Waals surface area contributed by atoms with Crippen LogP contribution in [0.4, 0.5) is 0 Å². The molecule has 2 aliphatic heterocycles. The number of hydrogen-bond acceptors (Lipinski definition) is 3. The number of rotatable bonds is 1. The van der Waals surface area contributed by atoms with Gasteiger partial charge in [0.1, 0.15) is 0 Å². The zero-order chi connectivity index (χ0) is 13.2. The van der Waals surface area contributed by atoms with E-state index in [1.165, 1.54) is 6.42 Å². The molecule has 0 aromatic rings. The lowest BCUT2D eigenvalue weighted by molar-refractivity contribution is -0.147. The second-order valence-corrected chi connectivity index (χ2v) is 6.04. The van der Waals surface area contributed by atoms with Crippen LogP contribution in [-0.2, 0) is 9.59 Å². The van der Waals surface area contributed by atoms with Crippen molar-refractivity contribution in [2.24, 2.45) is 5.92 Å². The smallest absolute Gasteiger partial charge is 0.239 e. The van der Waals surface area contributed by atoms with E-state index >= 15 is 0 Å². The molecule has 20 heavy (non-hydrogen) atoms. The molecule has 3 aliphatic rings. The third-order valence-corrected chi connectivity index (χ3v) is 4.72. The predicted molar refractivity (Wildman–Crippen MR) is 78.7 cm³/mol. The van der Waals surface area contributed by atoms with Crippen LogP contribution in [0.3, 0.4) is 0 Å². The number of nitrogens with zero attached hydrogens (tertiary/aromatic N) is 1. The first-order valence-electron chi connectivity index (χ1n) is 7.56. The number of carbonyl (C=O) groups excluding carboxylic acids is 2. The molecule has 0 bridgehead atoms. The first-order chi connectivity index (χ1) is 9.25. The third-order valence-electron chi connectivity index (χ3n) is 4.72. The molecule has 114 valence electrons.